The molecule has 154 valence electrons. The van der Waals surface area contributed by atoms with Crippen LogP contribution >= 0.6 is 11.3 Å². The summed E-state index contributed by atoms with van der Waals surface area (Å²) in [6.45, 7) is 4.37. The molecule has 30 heavy (non-hydrogen) atoms. The predicted molar refractivity (Wildman–Crippen MR) is 116 cm³/mol. The first-order valence-corrected chi connectivity index (χ1v) is 10.9. The Hall–Kier alpha value is -3.13. The molecule has 1 aliphatic heterocycles. The number of benzene rings is 1. The Balaban J connectivity index is 1.28. The average molecular weight is 422 g/mol. The van der Waals surface area contributed by atoms with Crippen molar-refractivity contribution in [3.8, 4) is 0 Å². The lowest BCUT2D eigenvalue weighted by Crippen LogP contribution is -2.47. The summed E-state index contributed by atoms with van der Waals surface area (Å²) in [7, 11) is 0. The molecule has 8 heteroatoms. The molecular formula is C22H23N5O2S. The molecule has 3 amide bonds. The van der Waals surface area contributed by atoms with Gasteiger partial charge in [0, 0.05) is 17.5 Å². The van der Waals surface area contributed by atoms with Crippen molar-refractivity contribution in [3.05, 3.63) is 69.5 Å². The number of fused-ring (bicyclic) bond motifs is 1. The normalized spacial score (nSPS) is 21.2. The fourth-order valence-electron chi connectivity index (χ4n) is 4.18. The van der Waals surface area contributed by atoms with Gasteiger partial charge in [0.2, 0.25) is 0 Å². The summed E-state index contributed by atoms with van der Waals surface area (Å²) in [5, 5.41) is 15.2. The third-order valence-corrected chi connectivity index (χ3v) is 6.89. The van der Waals surface area contributed by atoms with Crippen LogP contribution in [-0.2, 0) is 12.1 Å². The van der Waals surface area contributed by atoms with Gasteiger partial charge >= 0.3 is 6.03 Å². The predicted octanol–water partition coefficient (Wildman–Crippen LogP) is 4.04. The van der Waals surface area contributed by atoms with E-state index < -0.39 is 5.54 Å². The lowest BCUT2D eigenvalue weighted by atomic mass is 10.0. The Morgan fingerprint density at radius 1 is 1.20 bits per heavy atom. The first kappa shape index (κ1) is 18.9. The lowest BCUT2D eigenvalue weighted by Gasteiger charge is -2.32. The maximum atomic E-state index is 13.1. The van der Waals surface area contributed by atoms with Gasteiger partial charge in [0.15, 0.2) is 5.82 Å². The number of amides is 3. The molecule has 0 bridgehead atoms. The maximum absolute atomic E-state index is 13.1. The second-order valence-electron chi connectivity index (χ2n) is 8.31. The molecule has 7 nitrogen and oxygen atoms in total. The Morgan fingerprint density at radius 2 is 2.00 bits per heavy atom. The molecular weight excluding hydrogens is 398 g/mol. The van der Waals surface area contributed by atoms with Gasteiger partial charge < -0.3 is 15.5 Å². The SMILES string of the molecule is CC1(C)c2[nH]nc(NC(=O)c3cccs3)c2CN1C(=O)N[C@@H]1C[C@H]1c1ccccc1. The molecule has 5 rings (SSSR count). The molecule has 3 aromatic rings. The van der Waals surface area contributed by atoms with E-state index >= 15 is 0 Å². The zero-order chi connectivity index (χ0) is 20.9. The highest BCUT2D eigenvalue weighted by atomic mass is 32.1. The molecule has 0 radical (unpaired) electrons. The van der Waals surface area contributed by atoms with Crippen molar-refractivity contribution in [3.63, 3.8) is 0 Å². The second-order valence-corrected chi connectivity index (χ2v) is 9.26. The molecule has 0 saturated heterocycles. The van der Waals surface area contributed by atoms with E-state index in [9.17, 15) is 9.59 Å². The van der Waals surface area contributed by atoms with Crippen LogP contribution < -0.4 is 10.6 Å². The highest BCUT2D eigenvalue weighted by Gasteiger charge is 2.46. The first-order chi connectivity index (χ1) is 14.4. The van der Waals surface area contributed by atoms with Crippen molar-refractivity contribution in [2.45, 2.75) is 44.3 Å². The zero-order valence-corrected chi connectivity index (χ0v) is 17.6. The second kappa shape index (κ2) is 6.98. The molecule has 1 saturated carbocycles. The van der Waals surface area contributed by atoms with Crippen LogP contribution in [0.4, 0.5) is 10.6 Å². The maximum Gasteiger partial charge on any atom is 0.318 e. The van der Waals surface area contributed by atoms with E-state index in [1.165, 1.54) is 16.9 Å². The lowest BCUT2D eigenvalue weighted by molar-refractivity contribution is 0.103. The van der Waals surface area contributed by atoms with E-state index in [1.807, 2.05) is 43.5 Å². The standard InChI is InChI=1S/C22H23N5O2S/c1-22(2)18-15(19(26-25-18)24-20(28)17-9-6-10-30-17)12-27(22)21(29)23-16-11-14(16)13-7-4-3-5-8-13/h3-10,14,16H,11-12H2,1-2H3,(H,23,29)(H2,24,25,26,28)/t14-,16+/m0/s1. The Kier molecular flexibility index (Phi) is 4.39. The molecule has 1 aromatic carbocycles. The highest BCUT2D eigenvalue weighted by molar-refractivity contribution is 7.12. The molecule has 3 heterocycles. The molecule has 3 N–H and O–H groups in total. The smallest absolute Gasteiger partial charge is 0.318 e. The van der Waals surface area contributed by atoms with Gasteiger partial charge in [-0.3, -0.25) is 9.89 Å². The monoisotopic (exact) mass is 421 g/mol. The molecule has 1 fully saturated rings. The van der Waals surface area contributed by atoms with Crippen LogP contribution in [0.5, 0.6) is 0 Å². The van der Waals surface area contributed by atoms with Crippen molar-refractivity contribution >= 4 is 29.1 Å². The third kappa shape index (κ3) is 3.17. The summed E-state index contributed by atoms with van der Waals surface area (Å²) in [4.78, 5) is 27.9. The van der Waals surface area contributed by atoms with Gasteiger partial charge in [0.25, 0.3) is 5.91 Å². The number of rotatable bonds is 4. The average Bonchev–Trinajstić information content (AvgIpc) is 3.09. The van der Waals surface area contributed by atoms with Crippen LogP contribution in [0.3, 0.4) is 0 Å². The van der Waals surface area contributed by atoms with Gasteiger partial charge in [-0.1, -0.05) is 36.4 Å². The number of thiophene rings is 1. The van der Waals surface area contributed by atoms with Gasteiger partial charge in [-0.15, -0.1) is 11.3 Å². The summed E-state index contributed by atoms with van der Waals surface area (Å²) >= 11 is 1.38. The third-order valence-electron chi connectivity index (χ3n) is 6.02. The summed E-state index contributed by atoms with van der Waals surface area (Å²) < 4.78 is 0. The van der Waals surface area contributed by atoms with Crippen LogP contribution in [0.15, 0.2) is 47.8 Å². The van der Waals surface area contributed by atoms with E-state index in [0.717, 1.165) is 17.7 Å². The Labute approximate surface area is 178 Å². The van der Waals surface area contributed by atoms with Crippen LogP contribution in [0.2, 0.25) is 0 Å². The van der Waals surface area contributed by atoms with Crippen LogP contribution in [0.1, 0.15) is 52.7 Å². The zero-order valence-electron chi connectivity index (χ0n) is 16.8. The highest BCUT2D eigenvalue weighted by Crippen LogP contribution is 2.43. The van der Waals surface area contributed by atoms with Gasteiger partial charge in [-0.05, 0) is 37.3 Å². The Morgan fingerprint density at radius 3 is 2.73 bits per heavy atom. The fourth-order valence-corrected chi connectivity index (χ4v) is 4.80. The van der Waals surface area contributed by atoms with Gasteiger partial charge in [0.05, 0.1) is 22.7 Å². The molecule has 2 aromatic heterocycles. The van der Waals surface area contributed by atoms with Gasteiger partial charge in [-0.25, -0.2) is 4.79 Å². The van der Waals surface area contributed by atoms with E-state index in [0.29, 0.717) is 23.2 Å². The molecule has 2 aliphatic rings. The molecule has 0 unspecified atom stereocenters. The minimum absolute atomic E-state index is 0.0939. The van der Waals surface area contributed by atoms with E-state index in [1.54, 1.807) is 11.0 Å². The number of H-pyrrole nitrogens is 1. The Bertz CT molecular complexity index is 1090. The minimum Gasteiger partial charge on any atom is -0.335 e. The molecule has 0 spiro atoms. The number of aromatic nitrogens is 2. The quantitative estimate of drug-likeness (QED) is 0.594. The first-order valence-electron chi connectivity index (χ1n) is 10.0. The van der Waals surface area contributed by atoms with Crippen LogP contribution in [0, 0.1) is 0 Å². The van der Waals surface area contributed by atoms with E-state index in [-0.39, 0.29) is 18.0 Å². The van der Waals surface area contributed by atoms with Crippen molar-refractivity contribution in [1.82, 2.24) is 20.4 Å². The summed E-state index contributed by atoms with van der Waals surface area (Å²) in [6, 6.07) is 14.0. The molecule has 2 atom stereocenters. The van der Waals surface area contributed by atoms with Crippen molar-refractivity contribution < 1.29 is 9.59 Å². The number of nitrogens with one attached hydrogen (secondary N) is 3. The number of urea groups is 1. The van der Waals surface area contributed by atoms with E-state index in [2.05, 4.69) is 33.0 Å². The fraction of sp³-hybridized carbons (Fsp3) is 0.318. The number of aromatic amines is 1. The topological polar surface area (TPSA) is 90.1 Å². The number of carbonyl (C=O) groups is 2. The number of hydrogen-bond donors (Lipinski definition) is 3. The number of nitrogens with zero attached hydrogens (tertiary/aromatic N) is 2. The van der Waals surface area contributed by atoms with Crippen molar-refractivity contribution in [2.24, 2.45) is 0 Å². The van der Waals surface area contributed by atoms with Crippen LogP contribution in [-0.4, -0.2) is 33.1 Å². The largest absolute Gasteiger partial charge is 0.335 e. The molecule has 1 aliphatic carbocycles. The summed E-state index contributed by atoms with van der Waals surface area (Å²) in [5.41, 5.74) is 2.43. The van der Waals surface area contributed by atoms with Crippen molar-refractivity contribution in [1.29, 1.82) is 0 Å². The minimum atomic E-state index is -0.546. The number of hydrogen-bond acceptors (Lipinski definition) is 4. The summed E-state index contributed by atoms with van der Waals surface area (Å²) in [6.07, 6.45) is 0.957. The number of anilines is 1. The van der Waals surface area contributed by atoms with Gasteiger partial charge in [-0.2, -0.15) is 5.10 Å². The number of carbonyl (C=O) groups excluding carboxylic acids is 2. The van der Waals surface area contributed by atoms with E-state index in [4.69, 9.17) is 0 Å². The van der Waals surface area contributed by atoms with Gasteiger partial charge in [0.1, 0.15) is 0 Å². The van der Waals surface area contributed by atoms with Crippen LogP contribution in [0.25, 0.3) is 0 Å². The van der Waals surface area contributed by atoms with Crippen molar-refractivity contribution in [2.75, 3.05) is 5.32 Å². The summed E-state index contributed by atoms with van der Waals surface area (Å²) in [5.74, 6) is 0.671.